The molecule has 0 spiro atoms. The highest BCUT2D eigenvalue weighted by Gasteiger charge is 2.31. The van der Waals surface area contributed by atoms with Gasteiger partial charge >= 0.3 is 6.18 Å². The first kappa shape index (κ1) is 24.5. The summed E-state index contributed by atoms with van der Waals surface area (Å²) in [4.78, 5) is 29.5. The van der Waals surface area contributed by atoms with E-state index < -0.39 is 11.7 Å². The number of aryl methyl sites for hydroxylation is 1. The van der Waals surface area contributed by atoms with E-state index in [0.29, 0.717) is 12.1 Å². The molecule has 0 atom stereocenters. The lowest BCUT2D eigenvalue weighted by Gasteiger charge is -2.30. The van der Waals surface area contributed by atoms with Crippen LogP contribution in [0, 0.1) is 6.92 Å². The molecule has 174 valence electrons. The van der Waals surface area contributed by atoms with E-state index in [1.807, 2.05) is 50.2 Å². The normalized spacial score (nSPS) is 17.3. The minimum atomic E-state index is -4.48. The number of nitrogens with zero attached hydrogens (tertiary/aromatic N) is 2. The molecule has 0 aromatic heterocycles. The van der Waals surface area contributed by atoms with E-state index in [4.69, 9.17) is 0 Å². The Kier molecular flexibility index (Phi) is 7.53. The van der Waals surface area contributed by atoms with E-state index >= 15 is 0 Å². The third-order valence-corrected chi connectivity index (χ3v) is 5.37. The van der Waals surface area contributed by atoms with Crippen LogP contribution in [0.4, 0.5) is 13.2 Å². The number of hydrogen-bond donors (Lipinski definition) is 0. The molecule has 0 radical (unpaired) electrons. The molecule has 1 fully saturated rings. The van der Waals surface area contributed by atoms with Gasteiger partial charge in [0.1, 0.15) is 0 Å². The Morgan fingerprint density at radius 3 is 2.12 bits per heavy atom. The molecule has 2 aromatic rings. The number of halogens is 3. The number of alkyl halides is 3. The molecule has 1 aliphatic heterocycles. The fourth-order valence-electron chi connectivity index (χ4n) is 3.66. The minimum absolute atomic E-state index is 0.0620. The van der Waals surface area contributed by atoms with Gasteiger partial charge in [0.2, 0.25) is 5.91 Å². The Hall–Kier alpha value is -3.19. The number of piperidine rings is 1. The van der Waals surface area contributed by atoms with Gasteiger partial charge in [-0.2, -0.15) is 13.2 Å². The van der Waals surface area contributed by atoms with E-state index in [9.17, 15) is 22.8 Å². The fraction of sp³-hybridized carbons (Fsp3) is 0.308. The molecule has 3 rings (SSSR count). The van der Waals surface area contributed by atoms with Crippen LogP contribution in [0.2, 0.25) is 0 Å². The van der Waals surface area contributed by atoms with Gasteiger partial charge in [0, 0.05) is 37.2 Å². The van der Waals surface area contributed by atoms with Crippen molar-refractivity contribution in [3.63, 3.8) is 0 Å². The highest BCUT2D eigenvalue weighted by molar-refractivity contribution is 6.15. The minimum Gasteiger partial charge on any atom is -0.334 e. The van der Waals surface area contributed by atoms with E-state index in [1.165, 1.54) is 18.2 Å². The Bertz CT molecular complexity index is 1100. The monoisotopic (exact) mass is 456 g/mol. The standard InChI is InChI=1S/C26H27F3N2O2/c1-18-6-4-7-19(12-18)13-21-16-31(24(32)10-11-30(2)3)17-22(25(21)33)14-20-8-5-9-23(15-20)26(27,28)29/h4-9,12-15H,10-11,16-17H2,1-3H3/b21-13+,22-14+. The topological polar surface area (TPSA) is 40.6 Å². The second kappa shape index (κ2) is 10.2. The number of hydrogen-bond acceptors (Lipinski definition) is 3. The maximum Gasteiger partial charge on any atom is 0.416 e. The Morgan fingerprint density at radius 1 is 1.00 bits per heavy atom. The molecule has 33 heavy (non-hydrogen) atoms. The molecule has 1 saturated heterocycles. The number of ketones is 1. The molecule has 0 N–H and O–H groups in total. The zero-order valence-electron chi connectivity index (χ0n) is 18.9. The Balaban J connectivity index is 1.98. The summed E-state index contributed by atoms with van der Waals surface area (Å²) in [6.45, 7) is 2.74. The van der Waals surface area contributed by atoms with Crippen LogP contribution in [0.15, 0.2) is 59.7 Å². The lowest BCUT2D eigenvalue weighted by molar-refractivity contribution is -0.137. The van der Waals surface area contributed by atoms with Crippen molar-refractivity contribution in [2.45, 2.75) is 19.5 Å². The second-order valence-corrected chi connectivity index (χ2v) is 8.51. The van der Waals surface area contributed by atoms with Gasteiger partial charge in [-0.3, -0.25) is 9.59 Å². The molecular weight excluding hydrogens is 429 g/mol. The predicted molar refractivity (Wildman–Crippen MR) is 123 cm³/mol. The summed E-state index contributed by atoms with van der Waals surface area (Å²) in [7, 11) is 3.74. The van der Waals surface area contributed by atoms with E-state index in [0.717, 1.165) is 23.3 Å². The highest BCUT2D eigenvalue weighted by Crippen LogP contribution is 2.30. The third kappa shape index (κ3) is 6.65. The molecule has 1 aliphatic rings. The molecule has 0 unspecified atom stereocenters. The summed E-state index contributed by atoms with van der Waals surface area (Å²) >= 11 is 0. The van der Waals surface area contributed by atoms with E-state index in [-0.39, 0.29) is 42.3 Å². The van der Waals surface area contributed by atoms with E-state index in [2.05, 4.69) is 0 Å². The molecule has 0 bridgehead atoms. The van der Waals surface area contributed by atoms with Gasteiger partial charge < -0.3 is 9.80 Å². The van der Waals surface area contributed by atoms with Gasteiger partial charge in [0.05, 0.1) is 5.56 Å². The van der Waals surface area contributed by atoms with Gasteiger partial charge in [-0.25, -0.2) is 0 Å². The summed E-state index contributed by atoms with van der Waals surface area (Å²) in [5.74, 6) is -0.369. The number of rotatable bonds is 5. The number of amides is 1. The molecule has 1 heterocycles. The van der Waals surface area contributed by atoms with Crippen molar-refractivity contribution in [2.24, 2.45) is 0 Å². The van der Waals surface area contributed by atoms with Crippen LogP contribution in [0.25, 0.3) is 12.2 Å². The van der Waals surface area contributed by atoms with Crippen molar-refractivity contribution in [1.29, 1.82) is 0 Å². The molecule has 7 heteroatoms. The lowest BCUT2D eigenvalue weighted by atomic mass is 9.93. The zero-order valence-corrected chi connectivity index (χ0v) is 18.9. The molecule has 1 amide bonds. The number of Topliss-reactive ketones (excluding diaryl/α,β-unsaturated/α-hetero) is 1. The van der Waals surface area contributed by atoms with Crippen LogP contribution in [0.3, 0.4) is 0 Å². The fourth-order valence-corrected chi connectivity index (χ4v) is 3.66. The van der Waals surface area contributed by atoms with Gasteiger partial charge in [0.25, 0.3) is 0 Å². The summed E-state index contributed by atoms with van der Waals surface area (Å²) < 4.78 is 39.4. The number of carbonyl (C=O) groups is 2. The largest absolute Gasteiger partial charge is 0.416 e. The van der Waals surface area contributed by atoms with Crippen LogP contribution >= 0.6 is 0 Å². The molecule has 2 aromatic carbocycles. The van der Waals surface area contributed by atoms with Crippen LogP contribution in [0.5, 0.6) is 0 Å². The van der Waals surface area contributed by atoms with Crippen molar-refractivity contribution in [2.75, 3.05) is 33.7 Å². The van der Waals surface area contributed by atoms with Gasteiger partial charge in [-0.05, 0) is 56.4 Å². The average Bonchev–Trinajstić information content (AvgIpc) is 2.74. The SMILES string of the molecule is Cc1cccc(/C=C2\CN(C(=O)CCN(C)C)C/C(=C\c3cccc(C(F)(F)F)c3)C2=O)c1. The van der Waals surface area contributed by atoms with Gasteiger partial charge in [0.15, 0.2) is 5.78 Å². The van der Waals surface area contributed by atoms with Crippen LogP contribution < -0.4 is 0 Å². The number of benzene rings is 2. The van der Waals surface area contributed by atoms with Crippen molar-refractivity contribution < 1.29 is 22.8 Å². The Morgan fingerprint density at radius 2 is 1.58 bits per heavy atom. The summed E-state index contributed by atoms with van der Waals surface area (Å²) in [5, 5.41) is 0. The van der Waals surface area contributed by atoms with Crippen molar-refractivity contribution >= 4 is 23.8 Å². The van der Waals surface area contributed by atoms with Crippen LogP contribution in [-0.4, -0.2) is 55.2 Å². The quantitative estimate of drug-likeness (QED) is 0.605. The molecular formula is C26H27F3N2O2. The van der Waals surface area contributed by atoms with E-state index in [1.54, 1.807) is 11.0 Å². The predicted octanol–water partition coefficient (Wildman–Crippen LogP) is 4.84. The number of likely N-dealkylation sites (tertiary alicyclic amines) is 1. The van der Waals surface area contributed by atoms with Gasteiger partial charge in [-0.1, -0.05) is 42.0 Å². The summed E-state index contributed by atoms with van der Waals surface area (Å²) in [5.41, 5.74) is 2.08. The Labute approximate surface area is 192 Å². The third-order valence-electron chi connectivity index (χ3n) is 5.37. The molecule has 0 saturated carbocycles. The van der Waals surface area contributed by atoms with Crippen LogP contribution in [0.1, 0.15) is 28.7 Å². The van der Waals surface area contributed by atoms with Crippen molar-refractivity contribution in [3.8, 4) is 0 Å². The van der Waals surface area contributed by atoms with Crippen molar-refractivity contribution in [3.05, 3.63) is 81.9 Å². The lowest BCUT2D eigenvalue weighted by Crippen LogP contribution is -2.42. The average molecular weight is 457 g/mol. The first-order valence-corrected chi connectivity index (χ1v) is 10.7. The first-order valence-electron chi connectivity index (χ1n) is 10.7. The maximum atomic E-state index is 13.2. The highest BCUT2D eigenvalue weighted by atomic mass is 19.4. The molecule has 0 aliphatic carbocycles. The summed E-state index contributed by atoms with van der Waals surface area (Å²) in [6.07, 6.45) is -0.987. The van der Waals surface area contributed by atoms with Crippen molar-refractivity contribution in [1.82, 2.24) is 9.80 Å². The zero-order chi connectivity index (χ0) is 24.2. The number of carbonyl (C=O) groups excluding carboxylic acids is 2. The summed E-state index contributed by atoms with van der Waals surface area (Å²) in [6, 6.07) is 12.5. The second-order valence-electron chi connectivity index (χ2n) is 8.51. The smallest absolute Gasteiger partial charge is 0.334 e. The molecule has 4 nitrogen and oxygen atoms in total. The maximum absolute atomic E-state index is 13.2. The van der Waals surface area contributed by atoms with Crippen LogP contribution in [-0.2, 0) is 15.8 Å². The van der Waals surface area contributed by atoms with Gasteiger partial charge in [-0.15, -0.1) is 0 Å². The first-order chi connectivity index (χ1) is 15.5.